The van der Waals surface area contributed by atoms with Crippen LogP contribution in [0.1, 0.15) is 16.1 Å². The van der Waals surface area contributed by atoms with Crippen LogP contribution >= 0.6 is 0 Å². The SMILES string of the molecule is CNC(=O)c1cc(Oc2ccc(CNC(=O)Nc3ccc(S(N)(=O)=O)cc3)cc2)ccn1. The molecule has 11 heteroatoms. The van der Waals surface area contributed by atoms with Gasteiger partial charge in [-0.25, -0.2) is 18.4 Å². The number of carbonyl (C=O) groups excluding carboxylic acids is 2. The number of carbonyl (C=O) groups is 2. The van der Waals surface area contributed by atoms with Crippen LogP contribution in [0, 0.1) is 0 Å². The molecule has 1 aromatic heterocycles. The number of ether oxygens (including phenoxy) is 1. The lowest BCUT2D eigenvalue weighted by atomic mass is 10.2. The maximum absolute atomic E-state index is 12.1. The molecular weight excluding hydrogens is 434 g/mol. The number of urea groups is 1. The van der Waals surface area contributed by atoms with Crippen molar-refractivity contribution in [1.82, 2.24) is 15.6 Å². The first kappa shape index (κ1) is 22.7. The average Bonchev–Trinajstić information content (AvgIpc) is 2.78. The van der Waals surface area contributed by atoms with Gasteiger partial charge in [0.2, 0.25) is 10.0 Å². The Kier molecular flexibility index (Phi) is 7.03. The van der Waals surface area contributed by atoms with Gasteiger partial charge in [0.15, 0.2) is 0 Å². The largest absolute Gasteiger partial charge is 0.457 e. The lowest BCUT2D eigenvalue weighted by Crippen LogP contribution is -2.28. The highest BCUT2D eigenvalue weighted by Gasteiger charge is 2.09. The van der Waals surface area contributed by atoms with Gasteiger partial charge in [-0.2, -0.15) is 0 Å². The molecule has 3 amide bonds. The van der Waals surface area contributed by atoms with Crippen molar-refractivity contribution in [3.8, 4) is 11.5 Å². The number of hydrogen-bond donors (Lipinski definition) is 4. The van der Waals surface area contributed by atoms with E-state index >= 15 is 0 Å². The molecule has 0 aliphatic rings. The van der Waals surface area contributed by atoms with E-state index in [4.69, 9.17) is 9.88 Å². The van der Waals surface area contributed by atoms with E-state index in [2.05, 4.69) is 20.9 Å². The Morgan fingerprint density at radius 3 is 2.31 bits per heavy atom. The fourth-order valence-electron chi connectivity index (χ4n) is 2.62. The molecule has 10 nitrogen and oxygen atoms in total. The van der Waals surface area contributed by atoms with E-state index in [1.165, 1.54) is 43.6 Å². The van der Waals surface area contributed by atoms with Crippen molar-refractivity contribution < 1.29 is 22.7 Å². The second kappa shape index (κ2) is 9.90. The van der Waals surface area contributed by atoms with Crippen molar-refractivity contribution in [2.45, 2.75) is 11.4 Å². The molecule has 5 N–H and O–H groups in total. The number of nitrogens with two attached hydrogens (primary N) is 1. The summed E-state index contributed by atoms with van der Waals surface area (Å²) in [6, 6.07) is 15.3. The van der Waals surface area contributed by atoms with Crippen molar-refractivity contribution >= 4 is 27.6 Å². The zero-order valence-electron chi connectivity index (χ0n) is 17.0. The highest BCUT2D eigenvalue weighted by Crippen LogP contribution is 2.22. The summed E-state index contributed by atoms with van der Waals surface area (Å²) in [6.07, 6.45) is 1.49. The lowest BCUT2D eigenvalue weighted by Gasteiger charge is -2.10. The Bertz CT molecular complexity index is 1210. The third-order valence-electron chi connectivity index (χ3n) is 4.24. The van der Waals surface area contributed by atoms with Crippen molar-refractivity contribution in [2.75, 3.05) is 12.4 Å². The number of rotatable bonds is 7. The number of pyridine rings is 1. The number of primary sulfonamides is 1. The predicted octanol–water partition coefficient (Wildman–Crippen LogP) is 2.20. The quantitative estimate of drug-likeness (QED) is 0.428. The molecule has 3 rings (SSSR count). The fourth-order valence-corrected chi connectivity index (χ4v) is 3.14. The van der Waals surface area contributed by atoms with E-state index in [1.54, 1.807) is 30.3 Å². The molecule has 2 aromatic carbocycles. The minimum atomic E-state index is -3.78. The zero-order chi connectivity index (χ0) is 23.1. The van der Waals surface area contributed by atoms with Gasteiger partial charge in [0.1, 0.15) is 17.2 Å². The summed E-state index contributed by atoms with van der Waals surface area (Å²) in [5.41, 5.74) is 1.50. The molecule has 0 aliphatic heterocycles. The van der Waals surface area contributed by atoms with Crippen LogP contribution in [-0.4, -0.2) is 32.4 Å². The van der Waals surface area contributed by atoms with Crippen LogP contribution in [0.5, 0.6) is 11.5 Å². The van der Waals surface area contributed by atoms with Crippen molar-refractivity contribution in [3.63, 3.8) is 0 Å². The van der Waals surface area contributed by atoms with Gasteiger partial charge < -0.3 is 20.7 Å². The van der Waals surface area contributed by atoms with Crippen LogP contribution in [0.15, 0.2) is 71.8 Å². The Morgan fingerprint density at radius 2 is 1.69 bits per heavy atom. The Morgan fingerprint density at radius 1 is 1.00 bits per heavy atom. The van der Waals surface area contributed by atoms with Gasteiger partial charge in [0, 0.05) is 31.5 Å². The van der Waals surface area contributed by atoms with E-state index in [0.717, 1.165) is 5.56 Å². The van der Waals surface area contributed by atoms with Crippen molar-refractivity contribution in [1.29, 1.82) is 0 Å². The standard InChI is InChI=1S/C21H21N5O5S/c1-23-20(27)19-12-17(10-11-24-19)31-16-6-2-14(3-7-16)13-25-21(28)26-15-4-8-18(9-5-15)32(22,29)30/h2-12H,13H2,1H3,(H,23,27)(H2,22,29,30)(H2,25,26,28). The summed E-state index contributed by atoms with van der Waals surface area (Å²) in [5.74, 6) is 0.718. The van der Waals surface area contributed by atoms with Crippen LogP contribution in [0.4, 0.5) is 10.5 Å². The van der Waals surface area contributed by atoms with Gasteiger partial charge >= 0.3 is 6.03 Å². The zero-order valence-corrected chi connectivity index (χ0v) is 17.8. The smallest absolute Gasteiger partial charge is 0.319 e. The molecule has 0 unspecified atom stereocenters. The molecular formula is C21H21N5O5S. The van der Waals surface area contributed by atoms with E-state index in [1.807, 2.05) is 0 Å². The van der Waals surface area contributed by atoms with Crippen molar-refractivity contribution in [2.24, 2.45) is 5.14 Å². The Labute approximate surface area is 184 Å². The summed E-state index contributed by atoms with van der Waals surface area (Å²) in [7, 11) is -2.26. The molecule has 0 aliphatic carbocycles. The minimum absolute atomic E-state index is 0.0395. The maximum Gasteiger partial charge on any atom is 0.319 e. The van der Waals surface area contributed by atoms with Gasteiger partial charge in [0.05, 0.1) is 4.90 Å². The highest BCUT2D eigenvalue weighted by molar-refractivity contribution is 7.89. The topological polar surface area (TPSA) is 153 Å². The normalized spacial score (nSPS) is 10.8. The molecule has 0 atom stereocenters. The Hall–Kier alpha value is -3.96. The molecule has 0 radical (unpaired) electrons. The van der Waals surface area contributed by atoms with E-state index < -0.39 is 16.1 Å². The molecule has 0 spiro atoms. The first-order chi connectivity index (χ1) is 15.2. The van der Waals surface area contributed by atoms with Crippen LogP contribution in [0.3, 0.4) is 0 Å². The molecule has 32 heavy (non-hydrogen) atoms. The average molecular weight is 455 g/mol. The van der Waals surface area contributed by atoms with E-state index in [9.17, 15) is 18.0 Å². The number of nitrogens with one attached hydrogen (secondary N) is 3. The summed E-state index contributed by atoms with van der Waals surface area (Å²) in [4.78, 5) is 27.7. The van der Waals surface area contributed by atoms with Gasteiger partial charge in [-0.05, 0) is 48.0 Å². The lowest BCUT2D eigenvalue weighted by molar-refractivity contribution is 0.0957. The van der Waals surface area contributed by atoms with Gasteiger partial charge in [-0.1, -0.05) is 12.1 Å². The van der Waals surface area contributed by atoms with Crippen molar-refractivity contribution in [3.05, 3.63) is 78.1 Å². The predicted molar refractivity (Wildman–Crippen MR) is 118 cm³/mol. The number of benzene rings is 2. The monoisotopic (exact) mass is 455 g/mol. The third kappa shape index (κ3) is 6.27. The van der Waals surface area contributed by atoms with Crippen LogP contribution in [0.25, 0.3) is 0 Å². The molecule has 3 aromatic rings. The first-order valence-electron chi connectivity index (χ1n) is 9.37. The minimum Gasteiger partial charge on any atom is -0.457 e. The number of amides is 3. The summed E-state index contributed by atoms with van der Waals surface area (Å²) in [5, 5.41) is 12.9. The van der Waals surface area contributed by atoms with Gasteiger partial charge in [-0.3, -0.25) is 9.78 Å². The third-order valence-corrected chi connectivity index (χ3v) is 5.17. The van der Waals surface area contributed by atoms with Crippen LogP contribution < -0.4 is 25.8 Å². The molecule has 0 fully saturated rings. The molecule has 0 saturated carbocycles. The number of sulfonamides is 1. The summed E-state index contributed by atoms with van der Waals surface area (Å²) < 4.78 is 28.2. The molecule has 0 saturated heterocycles. The number of nitrogens with zero attached hydrogens (tertiary/aromatic N) is 1. The first-order valence-corrected chi connectivity index (χ1v) is 10.9. The molecule has 166 valence electrons. The molecule has 1 heterocycles. The van der Waals surface area contributed by atoms with Gasteiger partial charge in [-0.15, -0.1) is 0 Å². The number of hydrogen-bond acceptors (Lipinski definition) is 6. The summed E-state index contributed by atoms with van der Waals surface area (Å²) in [6.45, 7) is 0.261. The number of anilines is 1. The summed E-state index contributed by atoms with van der Waals surface area (Å²) >= 11 is 0. The fraction of sp³-hybridized carbons (Fsp3) is 0.0952. The molecule has 0 bridgehead atoms. The second-order valence-electron chi connectivity index (χ2n) is 6.58. The van der Waals surface area contributed by atoms with Crippen LogP contribution in [-0.2, 0) is 16.6 Å². The maximum atomic E-state index is 12.1. The Balaban J connectivity index is 1.52. The second-order valence-corrected chi connectivity index (χ2v) is 8.14. The van der Waals surface area contributed by atoms with Gasteiger partial charge in [0.25, 0.3) is 5.91 Å². The van der Waals surface area contributed by atoms with Crippen LogP contribution in [0.2, 0.25) is 0 Å². The highest BCUT2D eigenvalue weighted by atomic mass is 32.2. The number of aromatic nitrogens is 1. The van der Waals surface area contributed by atoms with E-state index in [0.29, 0.717) is 17.2 Å². The van der Waals surface area contributed by atoms with E-state index in [-0.39, 0.29) is 23.0 Å².